The normalized spacial score (nSPS) is 19.5. The number of rotatable bonds is 6. The van der Waals surface area contributed by atoms with Gasteiger partial charge in [-0.3, -0.25) is 4.79 Å². The molecule has 2 aromatic carbocycles. The molecule has 0 bridgehead atoms. The number of nitrogens with one attached hydrogen (secondary N) is 1. The highest BCUT2D eigenvalue weighted by Gasteiger charge is 2.38. The number of allylic oxidation sites excluding steroid dienone is 2. The third-order valence-corrected chi connectivity index (χ3v) is 7.02. The van der Waals surface area contributed by atoms with Crippen LogP contribution in [0.5, 0.6) is 0 Å². The predicted molar refractivity (Wildman–Crippen MR) is 135 cm³/mol. The monoisotopic (exact) mass is 438 g/mol. The smallest absolute Gasteiger partial charge is 0.270 e. The van der Waals surface area contributed by atoms with Crippen molar-refractivity contribution in [2.45, 2.75) is 37.1 Å². The number of anilines is 2. The lowest BCUT2D eigenvalue weighted by atomic mass is 9.68. The SMILES string of the molecule is C=CC(=O)n1nc(NC2CCC2)c2c1CC(c1ccccc1)(c1ccc(N(C)C)cc1)C=C2. The molecule has 0 spiro atoms. The van der Waals surface area contributed by atoms with Gasteiger partial charge in [-0.15, -0.1) is 5.10 Å². The first-order valence-corrected chi connectivity index (χ1v) is 11.6. The van der Waals surface area contributed by atoms with Crippen molar-refractivity contribution in [3.63, 3.8) is 0 Å². The fraction of sp³-hybridized carbons (Fsp3) is 0.286. The molecule has 0 saturated heterocycles. The Morgan fingerprint density at radius 3 is 2.42 bits per heavy atom. The van der Waals surface area contributed by atoms with Crippen molar-refractivity contribution in [2.75, 3.05) is 24.3 Å². The first-order valence-electron chi connectivity index (χ1n) is 11.6. The van der Waals surface area contributed by atoms with E-state index in [1.165, 1.54) is 23.6 Å². The Morgan fingerprint density at radius 1 is 1.12 bits per heavy atom. The maximum atomic E-state index is 12.8. The second-order valence-electron chi connectivity index (χ2n) is 9.22. The Bertz CT molecular complexity index is 1200. The summed E-state index contributed by atoms with van der Waals surface area (Å²) in [5.41, 5.74) is 5.07. The fourth-order valence-corrected chi connectivity index (χ4v) is 4.84. The third kappa shape index (κ3) is 3.67. The topological polar surface area (TPSA) is 50.2 Å². The highest BCUT2D eigenvalue weighted by atomic mass is 16.2. The minimum Gasteiger partial charge on any atom is -0.378 e. The number of fused-ring (bicyclic) bond motifs is 1. The van der Waals surface area contributed by atoms with Crippen molar-refractivity contribution >= 4 is 23.5 Å². The maximum absolute atomic E-state index is 12.8. The first kappa shape index (κ1) is 21.3. The molecule has 1 aromatic heterocycles. The quantitative estimate of drug-likeness (QED) is 0.531. The Balaban J connectivity index is 1.65. The molecule has 5 nitrogen and oxygen atoms in total. The molecule has 2 aliphatic carbocycles. The van der Waals surface area contributed by atoms with Crippen LogP contribution in [0, 0.1) is 0 Å². The van der Waals surface area contributed by atoms with Gasteiger partial charge in [0, 0.05) is 43.2 Å². The predicted octanol–water partition coefficient (Wildman–Crippen LogP) is 5.30. The fourth-order valence-electron chi connectivity index (χ4n) is 4.84. The van der Waals surface area contributed by atoms with Gasteiger partial charge in [-0.05, 0) is 48.6 Å². The summed E-state index contributed by atoms with van der Waals surface area (Å²) in [6.07, 6.45) is 9.94. The Hall–Kier alpha value is -3.60. The van der Waals surface area contributed by atoms with Crippen LogP contribution in [0.4, 0.5) is 11.5 Å². The molecule has 1 saturated carbocycles. The van der Waals surface area contributed by atoms with Crippen LogP contribution in [0.15, 0.2) is 73.3 Å². The lowest BCUT2D eigenvalue weighted by molar-refractivity contribution is 0.0950. The van der Waals surface area contributed by atoms with Crippen molar-refractivity contribution in [1.82, 2.24) is 9.78 Å². The number of aromatic nitrogens is 2. The molecular weight excluding hydrogens is 408 g/mol. The second kappa shape index (κ2) is 8.39. The van der Waals surface area contributed by atoms with E-state index < -0.39 is 5.41 Å². The molecule has 3 aromatic rings. The zero-order chi connectivity index (χ0) is 23.0. The third-order valence-electron chi connectivity index (χ3n) is 7.02. The van der Waals surface area contributed by atoms with Crippen LogP contribution in [0.2, 0.25) is 0 Å². The molecule has 0 amide bonds. The number of benzene rings is 2. The molecular formula is C28H30N4O. The van der Waals surface area contributed by atoms with Gasteiger partial charge in [-0.2, -0.15) is 4.68 Å². The molecule has 1 heterocycles. The van der Waals surface area contributed by atoms with Gasteiger partial charge in [0.05, 0.1) is 5.69 Å². The average Bonchev–Trinajstić information content (AvgIpc) is 3.18. The molecule has 168 valence electrons. The first-order chi connectivity index (χ1) is 16.0. The minimum atomic E-state index is -0.397. The van der Waals surface area contributed by atoms with Crippen LogP contribution < -0.4 is 10.2 Å². The van der Waals surface area contributed by atoms with E-state index in [0.29, 0.717) is 12.5 Å². The zero-order valence-electron chi connectivity index (χ0n) is 19.3. The van der Waals surface area contributed by atoms with E-state index in [1.807, 2.05) is 20.2 Å². The molecule has 5 heteroatoms. The molecule has 1 fully saturated rings. The van der Waals surface area contributed by atoms with Crippen LogP contribution in [0.25, 0.3) is 6.08 Å². The Morgan fingerprint density at radius 2 is 1.82 bits per heavy atom. The average molecular weight is 439 g/mol. The van der Waals surface area contributed by atoms with Gasteiger partial charge in [-0.1, -0.05) is 61.2 Å². The van der Waals surface area contributed by atoms with Crippen molar-refractivity contribution in [3.8, 4) is 0 Å². The lowest BCUT2D eigenvalue weighted by Crippen LogP contribution is -2.32. The largest absolute Gasteiger partial charge is 0.378 e. The summed E-state index contributed by atoms with van der Waals surface area (Å²) in [5.74, 6) is 0.596. The van der Waals surface area contributed by atoms with Gasteiger partial charge < -0.3 is 10.2 Å². The van der Waals surface area contributed by atoms with E-state index in [-0.39, 0.29) is 5.91 Å². The van der Waals surface area contributed by atoms with E-state index in [2.05, 4.69) is 77.5 Å². The summed E-state index contributed by atoms with van der Waals surface area (Å²) >= 11 is 0. The summed E-state index contributed by atoms with van der Waals surface area (Å²) in [5, 5.41) is 8.26. The number of hydrogen-bond acceptors (Lipinski definition) is 4. The van der Waals surface area contributed by atoms with E-state index in [0.717, 1.165) is 35.6 Å². The zero-order valence-corrected chi connectivity index (χ0v) is 19.3. The standard InChI is InChI=1S/C28H30N4O/c1-4-26(33)32-25-19-28(20-9-6-5-7-10-20,21-13-15-23(16-14-21)31(2)3)18-17-24(25)27(30-32)29-22-11-8-12-22/h4-7,9-10,13-18,22H,1,8,11-12,19H2,2-3H3,(H,29,30). The van der Waals surface area contributed by atoms with Crippen molar-refractivity contribution in [3.05, 3.63) is 95.7 Å². The molecule has 1 N–H and O–H groups in total. The summed E-state index contributed by atoms with van der Waals surface area (Å²) in [4.78, 5) is 14.9. The van der Waals surface area contributed by atoms with Gasteiger partial charge in [0.2, 0.25) is 0 Å². The molecule has 0 aliphatic heterocycles. The summed E-state index contributed by atoms with van der Waals surface area (Å²) < 4.78 is 1.54. The molecule has 5 rings (SSSR count). The summed E-state index contributed by atoms with van der Waals surface area (Å²) in [6.45, 7) is 3.71. The van der Waals surface area contributed by atoms with Crippen LogP contribution in [-0.2, 0) is 11.8 Å². The Labute approximate surface area is 195 Å². The summed E-state index contributed by atoms with van der Waals surface area (Å²) in [6, 6.07) is 19.6. The number of nitrogens with zero attached hydrogens (tertiary/aromatic N) is 3. The molecule has 1 atom stereocenters. The van der Waals surface area contributed by atoms with E-state index in [4.69, 9.17) is 5.10 Å². The molecule has 33 heavy (non-hydrogen) atoms. The van der Waals surface area contributed by atoms with E-state index in [1.54, 1.807) is 4.68 Å². The highest BCUT2D eigenvalue weighted by molar-refractivity contribution is 5.91. The van der Waals surface area contributed by atoms with Crippen LogP contribution >= 0.6 is 0 Å². The van der Waals surface area contributed by atoms with Gasteiger partial charge in [0.1, 0.15) is 0 Å². The van der Waals surface area contributed by atoms with Crippen LogP contribution in [0.3, 0.4) is 0 Å². The van der Waals surface area contributed by atoms with Crippen LogP contribution in [0.1, 0.15) is 46.4 Å². The van der Waals surface area contributed by atoms with Gasteiger partial charge >= 0.3 is 0 Å². The van der Waals surface area contributed by atoms with Gasteiger partial charge in [0.25, 0.3) is 5.91 Å². The minimum absolute atomic E-state index is 0.201. The number of carbonyl (C=O) groups is 1. The Kier molecular flexibility index (Phi) is 5.41. The lowest BCUT2D eigenvalue weighted by Gasteiger charge is -2.35. The molecule has 2 aliphatic rings. The highest BCUT2D eigenvalue weighted by Crippen LogP contribution is 2.44. The number of carbonyl (C=O) groups excluding carboxylic acids is 1. The van der Waals surface area contributed by atoms with Crippen molar-refractivity contribution in [1.29, 1.82) is 0 Å². The molecule has 0 radical (unpaired) electrons. The summed E-state index contributed by atoms with van der Waals surface area (Å²) in [7, 11) is 4.09. The van der Waals surface area contributed by atoms with E-state index >= 15 is 0 Å². The maximum Gasteiger partial charge on any atom is 0.270 e. The number of hydrogen-bond donors (Lipinski definition) is 1. The molecule has 1 unspecified atom stereocenters. The van der Waals surface area contributed by atoms with Crippen molar-refractivity contribution < 1.29 is 4.79 Å². The van der Waals surface area contributed by atoms with Gasteiger partial charge in [-0.25, -0.2) is 0 Å². The second-order valence-corrected chi connectivity index (χ2v) is 9.22. The van der Waals surface area contributed by atoms with Crippen molar-refractivity contribution in [2.24, 2.45) is 0 Å². The van der Waals surface area contributed by atoms with Crippen LogP contribution in [-0.4, -0.2) is 35.8 Å². The van der Waals surface area contributed by atoms with E-state index in [9.17, 15) is 4.79 Å². The van der Waals surface area contributed by atoms with Gasteiger partial charge in [0.15, 0.2) is 5.82 Å².